The van der Waals surface area contributed by atoms with Crippen LogP contribution in [0.2, 0.25) is 0 Å². The van der Waals surface area contributed by atoms with Crippen molar-refractivity contribution in [3.63, 3.8) is 0 Å². The molecule has 1 N–H and O–H groups in total. The predicted octanol–water partition coefficient (Wildman–Crippen LogP) is 4.77. The number of carbonyl (C=O) groups excluding carboxylic acids is 1. The number of fused-ring (bicyclic) bond motifs is 1. The van der Waals surface area contributed by atoms with Crippen molar-refractivity contribution in [3.05, 3.63) is 94.8 Å². The Hall–Kier alpha value is -3.19. The predicted molar refractivity (Wildman–Crippen MR) is 123 cm³/mol. The van der Waals surface area contributed by atoms with Crippen LogP contribution in [-0.4, -0.2) is 20.4 Å². The summed E-state index contributed by atoms with van der Waals surface area (Å²) < 4.78 is 41.2. The summed E-state index contributed by atoms with van der Waals surface area (Å²) in [4.78, 5) is 13.0. The Labute approximate surface area is 187 Å². The molecular weight excluding hydrogens is 427 g/mol. The smallest absolute Gasteiger partial charge is 0.264 e. The highest BCUT2D eigenvalue weighted by atomic mass is 32.2. The summed E-state index contributed by atoms with van der Waals surface area (Å²) >= 11 is 0. The van der Waals surface area contributed by atoms with Gasteiger partial charge in [-0.05, 0) is 80.8 Å². The first-order valence-corrected chi connectivity index (χ1v) is 11.9. The summed E-state index contributed by atoms with van der Waals surface area (Å²) in [7, 11) is -3.71. The number of rotatable bonds is 5. The van der Waals surface area contributed by atoms with E-state index >= 15 is 0 Å². The molecule has 4 rings (SSSR count). The second-order valence-corrected chi connectivity index (χ2v) is 10.1. The normalized spacial score (nSPS) is 16.5. The van der Waals surface area contributed by atoms with Crippen molar-refractivity contribution < 1.29 is 17.6 Å². The molecule has 1 amide bonds. The van der Waals surface area contributed by atoms with Crippen molar-refractivity contribution in [2.45, 2.75) is 44.2 Å². The van der Waals surface area contributed by atoms with Gasteiger partial charge in [0.1, 0.15) is 5.82 Å². The van der Waals surface area contributed by atoms with E-state index in [1.165, 1.54) is 16.4 Å². The van der Waals surface area contributed by atoms with Crippen molar-refractivity contribution in [3.8, 4) is 0 Å². The lowest BCUT2D eigenvalue weighted by atomic mass is 10.0. The van der Waals surface area contributed by atoms with Crippen LogP contribution in [0.4, 0.5) is 10.1 Å². The maximum Gasteiger partial charge on any atom is 0.264 e. The van der Waals surface area contributed by atoms with Crippen molar-refractivity contribution in [2.75, 3.05) is 4.31 Å². The number of sulfonamides is 1. The summed E-state index contributed by atoms with van der Waals surface area (Å²) in [5.74, 6) is -0.595. The van der Waals surface area contributed by atoms with Crippen LogP contribution in [0.15, 0.2) is 71.6 Å². The van der Waals surface area contributed by atoms with E-state index in [1.54, 1.807) is 54.6 Å². The number of halogens is 1. The van der Waals surface area contributed by atoms with Crippen molar-refractivity contribution in [1.29, 1.82) is 0 Å². The number of benzene rings is 3. The van der Waals surface area contributed by atoms with Gasteiger partial charge in [0.05, 0.1) is 16.6 Å². The maximum atomic E-state index is 13.3. The molecule has 5 nitrogen and oxygen atoms in total. The SMILES string of the molecule is Cc1ccc(S(=O)(=O)N2c3ccc(C(=O)N[C@@H](C)c4ccc(F)cc4)cc3C[C@@H]2C)cc1. The van der Waals surface area contributed by atoms with E-state index in [0.29, 0.717) is 17.7 Å². The van der Waals surface area contributed by atoms with Gasteiger partial charge in [0.15, 0.2) is 0 Å². The number of nitrogens with one attached hydrogen (secondary N) is 1. The van der Waals surface area contributed by atoms with E-state index < -0.39 is 10.0 Å². The fourth-order valence-corrected chi connectivity index (χ4v) is 5.74. The van der Waals surface area contributed by atoms with Gasteiger partial charge in [-0.1, -0.05) is 29.8 Å². The lowest BCUT2D eigenvalue weighted by Crippen LogP contribution is -2.35. The van der Waals surface area contributed by atoms with Gasteiger partial charge in [-0.3, -0.25) is 9.10 Å². The number of anilines is 1. The Bertz CT molecular complexity index is 1260. The topological polar surface area (TPSA) is 66.5 Å². The summed E-state index contributed by atoms with van der Waals surface area (Å²) in [6, 6.07) is 17.3. The van der Waals surface area contributed by atoms with Crippen molar-refractivity contribution >= 4 is 21.6 Å². The van der Waals surface area contributed by atoms with Gasteiger partial charge in [-0.2, -0.15) is 0 Å². The van der Waals surface area contributed by atoms with E-state index in [-0.39, 0.29) is 28.7 Å². The molecule has 0 fully saturated rings. The van der Waals surface area contributed by atoms with Crippen LogP contribution in [0.1, 0.15) is 46.9 Å². The van der Waals surface area contributed by atoms with E-state index in [0.717, 1.165) is 16.7 Å². The fraction of sp³-hybridized carbons (Fsp3) is 0.240. The molecular formula is C25H25FN2O3S. The van der Waals surface area contributed by atoms with Gasteiger partial charge in [-0.25, -0.2) is 12.8 Å². The molecule has 3 aromatic carbocycles. The zero-order valence-corrected chi connectivity index (χ0v) is 19.0. The molecule has 0 bridgehead atoms. The molecule has 0 saturated carbocycles. The molecule has 0 spiro atoms. The minimum atomic E-state index is -3.71. The van der Waals surface area contributed by atoms with Crippen LogP contribution in [0.3, 0.4) is 0 Å². The minimum Gasteiger partial charge on any atom is -0.346 e. The fourth-order valence-electron chi connectivity index (χ4n) is 4.05. The first-order valence-electron chi connectivity index (χ1n) is 10.5. The van der Waals surface area contributed by atoms with Crippen LogP contribution in [0, 0.1) is 12.7 Å². The van der Waals surface area contributed by atoms with Crippen LogP contribution in [-0.2, 0) is 16.4 Å². The second kappa shape index (κ2) is 8.39. The molecule has 1 aliphatic heterocycles. The molecule has 1 aliphatic rings. The van der Waals surface area contributed by atoms with Crippen LogP contribution >= 0.6 is 0 Å². The molecule has 0 unspecified atom stereocenters. The molecule has 0 aromatic heterocycles. The van der Waals surface area contributed by atoms with E-state index in [1.807, 2.05) is 20.8 Å². The van der Waals surface area contributed by atoms with Gasteiger partial charge in [0.25, 0.3) is 15.9 Å². The number of aryl methyl sites for hydroxylation is 1. The van der Waals surface area contributed by atoms with E-state index in [2.05, 4.69) is 5.32 Å². The standard InChI is InChI=1S/C25H25FN2O3S/c1-16-4-11-23(12-5-16)32(30,31)28-17(2)14-21-15-20(8-13-24(21)28)25(29)27-18(3)19-6-9-22(26)10-7-19/h4-13,15,17-18H,14H2,1-3H3,(H,27,29)/t17-,18-/m0/s1. The van der Waals surface area contributed by atoms with Gasteiger partial charge in [0.2, 0.25) is 0 Å². The Morgan fingerprint density at radius 3 is 2.38 bits per heavy atom. The number of nitrogens with zero attached hydrogens (tertiary/aromatic N) is 1. The highest BCUT2D eigenvalue weighted by Crippen LogP contribution is 2.37. The summed E-state index contributed by atoms with van der Waals surface area (Å²) in [5.41, 5.74) is 3.66. The largest absolute Gasteiger partial charge is 0.346 e. The molecule has 2 atom stereocenters. The number of carbonyl (C=O) groups is 1. The first kappa shape index (κ1) is 22.0. The zero-order chi connectivity index (χ0) is 23.0. The summed E-state index contributed by atoms with van der Waals surface area (Å²) in [6.07, 6.45) is 0.523. The number of hydrogen-bond donors (Lipinski definition) is 1. The van der Waals surface area contributed by atoms with Gasteiger partial charge >= 0.3 is 0 Å². The Morgan fingerprint density at radius 1 is 1.06 bits per heavy atom. The van der Waals surface area contributed by atoms with Gasteiger partial charge in [0, 0.05) is 11.6 Å². The molecule has 1 heterocycles. The van der Waals surface area contributed by atoms with E-state index in [4.69, 9.17) is 0 Å². The third-order valence-electron chi connectivity index (χ3n) is 5.79. The zero-order valence-electron chi connectivity index (χ0n) is 18.2. The maximum absolute atomic E-state index is 13.3. The lowest BCUT2D eigenvalue weighted by molar-refractivity contribution is 0.0940. The van der Waals surface area contributed by atoms with E-state index in [9.17, 15) is 17.6 Å². The average molecular weight is 453 g/mol. The summed E-state index contributed by atoms with van der Waals surface area (Å²) in [6.45, 7) is 5.60. The number of amides is 1. The van der Waals surface area contributed by atoms with Gasteiger partial charge < -0.3 is 5.32 Å². The van der Waals surface area contributed by atoms with Crippen LogP contribution in [0.5, 0.6) is 0 Å². The molecule has 7 heteroatoms. The molecule has 0 aliphatic carbocycles. The minimum absolute atomic E-state index is 0.248. The second-order valence-electron chi connectivity index (χ2n) is 8.26. The molecule has 32 heavy (non-hydrogen) atoms. The van der Waals surface area contributed by atoms with Crippen molar-refractivity contribution in [1.82, 2.24) is 5.32 Å². The number of hydrogen-bond acceptors (Lipinski definition) is 3. The quantitative estimate of drug-likeness (QED) is 0.607. The summed E-state index contributed by atoms with van der Waals surface area (Å²) in [5, 5.41) is 2.91. The average Bonchev–Trinajstić information content (AvgIpc) is 3.10. The molecule has 0 saturated heterocycles. The molecule has 0 radical (unpaired) electrons. The highest BCUT2D eigenvalue weighted by Gasteiger charge is 2.36. The Morgan fingerprint density at radius 2 is 1.72 bits per heavy atom. The highest BCUT2D eigenvalue weighted by molar-refractivity contribution is 7.92. The first-order chi connectivity index (χ1) is 15.2. The molecule has 166 valence electrons. The third-order valence-corrected chi connectivity index (χ3v) is 7.73. The van der Waals surface area contributed by atoms with Crippen LogP contribution in [0.25, 0.3) is 0 Å². The van der Waals surface area contributed by atoms with Gasteiger partial charge in [-0.15, -0.1) is 0 Å². The lowest BCUT2D eigenvalue weighted by Gasteiger charge is -2.24. The third kappa shape index (κ3) is 4.12. The Balaban J connectivity index is 1.57. The van der Waals surface area contributed by atoms with Crippen molar-refractivity contribution in [2.24, 2.45) is 0 Å². The Kier molecular flexibility index (Phi) is 5.77. The van der Waals surface area contributed by atoms with Crippen LogP contribution < -0.4 is 9.62 Å². The monoisotopic (exact) mass is 452 g/mol. The molecule has 3 aromatic rings.